The Morgan fingerprint density at radius 3 is 2.59 bits per heavy atom. The van der Waals surface area contributed by atoms with Crippen LogP contribution < -0.4 is 0 Å². The van der Waals surface area contributed by atoms with Crippen molar-refractivity contribution in [1.29, 1.82) is 0 Å². The number of amides is 2. The summed E-state index contributed by atoms with van der Waals surface area (Å²) in [6, 6.07) is 11.8. The third kappa shape index (κ3) is 3.52. The SMILES string of the molecule is O=C(CSc1nnc2sc3ccccc3n12)N1CCN(C(=O)c2cccs2)CC1. The van der Waals surface area contributed by atoms with Gasteiger partial charge in [-0.1, -0.05) is 41.3 Å². The van der Waals surface area contributed by atoms with Crippen molar-refractivity contribution in [3.8, 4) is 0 Å². The molecule has 0 N–H and O–H groups in total. The topological polar surface area (TPSA) is 70.8 Å². The van der Waals surface area contributed by atoms with Gasteiger partial charge < -0.3 is 9.80 Å². The maximum absolute atomic E-state index is 12.7. The summed E-state index contributed by atoms with van der Waals surface area (Å²) >= 11 is 4.45. The molecule has 4 heterocycles. The van der Waals surface area contributed by atoms with Crippen LogP contribution in [0.5, 0.6) is 0 Å². The quantitative estimate of drug-likeness (QED) is 0.454. The highest BCUT2D eigenvalue weighted by Gasteiger charge is 2.25. The fourth-order valence-corrected chi connectivity index (χ4v) is 5.94. The maximum Gasteiger partial charge on any atom is 0.264 e. The molecule has 2 amide bonds. The molecule has 0 unspecified atom stereocenters. The summed E-state index contributed by atoms with van der Waals surface area (Å²) < 4.78 is 3.16. The highest BCUT2D eigenvalue weighted by atomic mass is 32.2. The molecule has 1 saturated heterocycles. The molecule has 1 aromatic carbocycles. The van der Waals surface area contributed by atoms with Crippen LogP contribution in [-0.2, 0) is 4.79 Å². The second kappa shape index (κ2) is 7.77. The maximum atomic E-state index is 12.7. The Kier molecular flexibility index (Phi) is 4.98. The number of nitrogens with zero attached hydrogens (tertiary/aromatic N) is 5. The number of thioether (sulfide) groups is 1. The zero-order chi connectivity index (χ0) is 19.8. The monoisotopic (exact) mass is 443 g/mol. The lowest BCUT2D eigenvalue weighted by Gasteiger charge is -2.34. The van der Waals surface area contributed by atoms with E-state index in [0.29, 0.717) is 31.9 Å². The molecule has 0 atom stereocenters. The second-order valence-electron chi connectivity index (χ2n) is 6.61. The van der Waals surface area contributed by atoms with E-state index >= 15 is 0 Å². The molecule has 5 rings (SSSR count). The minimum Gasteiger partial charge on any atom is -0.338 e. The first kappa shape index (κ1) is 18.6. The van der Waals surface area contributed by atoms with Gasteiger partial charge in [-0.2, -0.15) is 0 Å². The van der Waals surface area contributed by atoms with Crippen LogP contribution in [0.1, 0.15) is 9.67 Å². The van der Waals surface area contributed by atoms with E-state index in [4.69, 9.17) is 0 Å². The highest BCUT2D eigenvalue weighted by Crippen LogP contribution is 2.29. The number of fused-ring (bicyclic) bond motifs is 3. The van der Waals surface area contributed by atoms with E-state index < -0.39 is 0 Å². The van der Waals surface area contributed by atoms with Crippen LogP contribution in [-0.4, -0.2) is 68.1 Å². The number of benzene rings is 1. The Morgan fingerprint density at radius 2 is 1.79 bits per heavy atom. The van der Waals surface area contributed by atoms with Crippen LogP contribution in [0, 0.1) is 0 Å². The van der Waals surface area contributed by atoms with Gasteiger partial charge in [0, 0.05) is 26.2 Å². The van der Waals surface area contributed by atoms with Gasteiger partial charge in [-0.3, -0.25) is 14.0 Å². The summed E-state index contributed by atoms with van der Waals surface area (Å²) in [7, 11) is 0. The van der Waals surface area contributed by atoms with E-state index in [9.17, 15) is 9.59 Å². The van der Waals surface area contributed by atoms with Crippen molar-refractivity contribution in [3.05, 3.63) is 46.7 Å². The van der Waals surface area contributed by atoms with E-state index in [0.717, 1.165) is 25.2 Å². The Labute approximate surface area is 178 Å². The average Bonchev–Trinajstić information content (AvgIpc) is 3.49. The minimum absolute atomic E-state index is 0.0525. The molecule has 148 valence electrons. The van der Waals surface area contributed by atoms with Gasteiger partial charge in [0.15, 0.2) is 5.16 Å². The lowest BCUT2D eigenvalue weighted by atomic mass is 10.3. The van der Waals surface area contributed by atoms with Crippen molar-refractivity contribution in [2.24, 2.45) is 0 Å². The summed E-state index contributed by atoms with van der Waals surface area (Å²) in [6.45, 7) is 2.26. The predicted molar refractivity (Wildman–Crippen MR) is 116 cm³/mol. The van der Waals surface area contributed by atoms with Gasteiger partial charge in [-0.15, -0.1) is 21.5 Å². The van der Waals surface area contributed by atoms with Crippen LogP contribution in [0.3, 0.4) is 0 Å². The minimum atomic E-state index is 0.0525. The zero-order valence-electron chi connectivity index (χ0n) is 15.4. The molecular formula is C19H17N5O2S3. The third-order valence-corrected chi connectivity index (χ3v) is 7.67. The molecule has 1 aliphatic rings. The standard InChI is InChI=1S/C19H17N5O2S3/c25-16(22-7-9-23(10-8-22)17(26)15-6-3-11-27-15)12-28-18-20-21-19-24(18)13-4-1-2-5-14(13)29-19/h1-6,11H,7-10,12H2. The Morgan fingerprint density at radius 1 is 1.00 bits per heavy atom. The number of thiophene rings is 1. The number of para-hydroxylation sites is 1. The number of hydrogen-bond donors (Lipinski definition) is 0. The summed E-state index contributed by atoms with van der Waals surface area (Å²) in [4.78, 5) is 30.4. The molecule has 10 heteroatoms. The Hall–Kier alpha value is -2.43. The van der Waals surface area contributed by atoms with Crippen LogP contribution in [0.25, 0.3) is 15.2 Å². The van der Waals surface area contributed by atoms with Gasteiger partial charge in [-0.05, 0) is 23.6 Å². The van der Waals surface area contributed by atoms with Crippen LogP contribution in [0.2, 0.25) is 0 Å². The largest absolute Gasteiger partial charge is 0.338 e. The highest BCUT2D eigenvalue weighted by molar-refractivity contribution is 7.99. The van der Waals surface area contributed by atoms with E-state index in [-0.39, 0.29) is 11.8 Å². The lowest BCUT2D eigenvalue weighted by molar-refractivity contribution is -0.129. The van der Waals surface area contributed by atoms with Gasteiger partial charge in [-0.25, -0.2) is 0 Å². The van der Waals surface area contributed by atoms with Crippen molar-refractivity contribution in [3.63, 3.8) is 0 Å². The van der Waals surface area contributed by atoms with Crippen molar-refractivity contribution < 1.29 is 9.59 Å². The number of carbonyl (C=O) groups is 2. The molecule has 29 heavy (non-hydrogen) atoms. The van der Waals surface area contributed by atoms with Gasteiger partial charge >= 0.3 is 0 Å². The van der Waals surface area contributed by atoms with E-state index in [1.807, 2.05) is 49.9 Å². The molecule has 0 bridgehead atoms. The average molecular weight is 444 g/mol. The number of rotatable bonds is 4. The number of thiazole rings is 1. The van der Waals surface area contributed by atoms with Gasteiger partial charge in [0.2, 0.25) is 10.9 Å². The molecular weight excluding hydrogens is 426 g/mol. The van der Waals surface area contributed by atoms with Crippen molar-refractivity contribution >= 4 is 61.4 Å². The summed E-state index contributed by atoms with van der Waals surface area (Å²) in [5.41, 5.74) is 1.06. The molecule has 0 saturated carbocycles. The lowest BCUT2D eigenvalue weighted by Crippen LogP contribution is -2.51. The number of piperazine rings is 1. The smallest absolute Gasteiger partial charge is 0.264 e. The molecule has 0 radical (unpaired) electrons. The first-order valence-corrected chi connectivity index (χ1v) is 11.8. The van der Waals surface area contributed by atoms with Gasteiger partial charge in [0.1, 0.15) is 0 Å². The number of carbonyl (C=O) groups excluding carboxylic acids is 2. The normalized spacial score (nSPS) is 14.8. The van der Waals surface area contributed by atoms with Crippen molar-refractivity contribution in [2.45, 2.75) is 5.16 Å². The first-order valence-electron chi connectivity index (χ1n) is 9.17. The fourth-order valence-electron chi connectivity index (χ4n) is 3.38. The Balaban J connectivity index is 1.21. The molecule has 4 aromatic rings. The van der Waals surface area contributed by atoms with Crippen LogP contribution >= 0.6 is 34.4 Å². The Bertz CT molecular complexity index is 1180. The fraction of sp³-hybridized carbons (Fsp3) is 0.263. The molecule has 1 aliphatic heterocycles. The van der Waals surface area contributed by atoms with Crippen LogP contribution in [0.15, 0.2) is 46.9 Å². The zero-order valence-corrected chi connectivity index (χ0v) is 17.8. The van der Waals surface area contributed by atoms with E-state index in [1.165, 1.54) is 23.1 Å². The van der Waals surface area contributed by atoms with E-state index in [2.05, 4.69) is 16.3 Å². The first-order chi connectivity index (χ1) is 14.2. The van der Waals surface area contributed by atoms with Crippen molar-refractivity contribution in [2.75, 3.05) is 31.9 Å². The molecule has 3 aromatic heterocycles. The number of hydrogen-bond acceptors (Lipinski definition) is 7. The second-order valence-corrected chi connectivity index (χ2v) is 9.51. The molecule has 1 fully saturated rings. The predicted octanol–water partition coefficient (Wildman–Crippen LogP) is 3.08. The van der Waals surface area contributed by atoms with Crippen LogP contribution in [0.4, 0.5) is 0 Å². The summed E-state index contributed by atoms with van der Waals surface area (Å²) in [5, 5.41) is 11.1. The summed E-state index contributed by atoms with van der Waals surface area (Å²) in [5.74, 6) is 0.426. The van der Waals surface area contributed by atoms with E-state index in [1.54, 1.807) is 11.3 Å². The van der Waals surface area contributed by atoms with Gasteiger partial charge in [0.25, 0.3) is 5.91 Å². The summed E-state index contributed by atoms with van der Waals surface area (Å²) in [6.07, 6.45) is 0. The third-order valence-electron chi connectivity index (χ3n) is 4.89. The molecule has 0 spiro atoms. The molecule has 7 nitrogen and oxygen atoms in total. The van der Waals surface area contributed by atoms with Crippen molar-refractivity contribution in [1.82, 2.24) is 24.4 Å². The number of aromatic nitrogens is 3. The van der Waals surface area contributed by atoms with Gasteiger partial charge in [0.05, 0.1) is 20.8 Å². The molecule has 0 aliphatic carbocycles.